The minimum atomic E-state index is -0.474. The number of hydrogen-bond acceptors (Lipinski definition) is 5. The summed E-state index contributed by atoms with van der Waals surface area (Å²) in [4.78, 5) is 2.40. The molecule has 2 aliphatic rings. The Bertz CT molecular complexity index is 494. The van der Waals surface area contributed by atoms with Crippen LogP contribution in [0.1, 0.15) is 32.6 Å². The van der Waals surface area contributed by atoms with Crippen LogP contribution in [0.4, 0.5) is 0 Å². The van der Waals surface area contributed by atoms with Gasteiger partial charge in [-0.25, -0.2) is 0 Å². The quantitative estimate of drug-likeness (QED) is 0.875. The Morgan fingerprint density at radius 2 is 2.18 bits per heavy atom. The van der Waals surface area contributed by atoms with Crippen LogP contribution in [0.2, 0.25) is 0 Å². The Kier molecular flexibility index (Phi) is 5.05. The molecule has 22 heavy (non-hydrogen) atoms. The highest BCUT2D eigenvalue weighted by atomic mass is 16.7. The van der Waals surface area contributed by atoms with Crippen molar-refractivity contribution in [3.8, 4) is 17.2 Å². The average molecular weight is 307 g/mol. The van der Waals surface area contributed by atoms with E-state index in [-0.39, 0.29) is 6.79 Å². The van der Waals surface area contributed by atoms with Gasteiger partial charge in [-0.05, 0) is 37.9 Å². The van der Waals surface area contributed by atoms with Crippen molar-refractivity contribution in [2.45, 2.75) is 44.8 Å². The van der Waals surface area contributed by atoms with Crippen molar-refractivity contribution in [3.63, 3.8) is 0 Å². The summed E-state index contributed by atoms with van der Waals surface area (Å²) in [5, 5.41) is 10.2. The molecule has 2 unspecified atom stereocenters. The second kappa shape index (κ2) is 7.20. The molecule has 1 aromatic rings. The fourth-order valence-electron chi connectivity index (χ4n) is 3.25. The molecular formula is C17H25NO4. The third-order valence-corrected chi connectivity index (χ3v) is 4.45. The van der Waals surface area contributed by atoms with E-state index in [4.69, 9.17) is 14.2 Å². The molecule has 2 heterocycles. The summed E-state index contributed by atoms with van der Waals surface area (Å²) < 4.78 is 16.3. The van der Waals surface area contributed by atoms with Gasteiger partial charge in [-0.1, -0.05) is 13.3 Å². The van der Waals surface area contributed by atoms with E-state index < -0.39 is 6.10 Å². The van der Waals surface area contributed by atoms with Gasteiger partial charge in [0.15, 0.2) is 11.5 Å². The normalized spacial score (nSPS) is 22.5. The smallest absolute Gasteiger partial charge is 0.231 e. The van der Waals surface area contributed by atoms with E-state index in [2.05, 4.69) is 11.8 Å². The van der Waals surface area contributed by atoms with Gasteiger partial charge in [-0.2, -0.15) is 0 Å². The molecule has 122 valence electrons. The Balaban J connectivity index is 1.48. The fourth-order valence-corrected chi connectivity index (χ4v) is 3.25. The SMILES string of the molecule is CCC1CCCCN1CC(O)COc1ccc2c(c1)OCO2. The second-order valence-electron chi connectivity index (χ2n) is 6.03. The molecule has 1 fully saturated rings. The standard InChI is InChI=1S/C17H25NO4/c1-2-13-5-3-4-8-18(13)10-14(19)11-20-15-6-7-16-17(9-15)22-12-21-16/h6-7,9,13-14,19H,2-5,8,10-12H2,1H3. The van der Waals surface area contributed by atoms with Crippen molar-refractivity contribution in [2.75, 3.05) is 26.5 Å². The van der Waals surface area contributed by atoms with Crippen molar-refractivity contribution in [1.82, 2.24) is 4.90 Å². The summed E-state index contributed by atoms with van der Waals surface area (Å²) in [6.07, 6.45) is 4.45. The van der Waals surface area contributed by atoms with Gasteiger partial charge in [0.05, 0.1) is 0 Å². The van der Waals surface area contributed by atoms with Crippen LogP contribution in [-0.2, 0) is 0 Å². The lowest BCUT2D eigenvalue weighted by Crippen LogP contribution is -2.44. The van der Waals surface area contributed by atoms with Crippen LogP contribution in [0.15, 0.2) is 18.2 Å². The van der Waals surface area contributed by atoms with Crippen LogP contribution >= 0.6 is 0 Å². The van der Waals surface area contributed by atoms with E-state index in [0.717, 1.165) is 18.7 Å². The molecule has 0 saturated carbocycles. The number of benzene rings is 1. The van der Waals surface area contributed by atoms with Gasteiger partial charge < -0.3 is 19.3 Å². The lowest BCUT2D eigenvalue weighted by molar-refractivity contribution is 0.0387. The van der Waals surface area contributed by atoms with E-state index in [1.54, 1.807) is 0 Å². The van der Waals surface area contributed by atoms with E-state index in [1.165, 1.54) is 19.3 Å². The highest BCUT2D eigenvalue weighted by Crippen LogP contribution is 2.35. The monoisotopic (exact) mass is 307 g/mol. The second-order valence-corrected chi connectivity index (χ2v) is 6.03. The van der Waals surface area contributed by atoms with Crippen LogP contribution < -0.4 is 14.2 Å². The molecule has 0 aliphatic carbocycles. The molecule has 1 aromatic carbocycles. The molecule has 2 aliphatic heterocycles. The van der Waals surface area contributed by atoms with E-state index in [9.17, 15) is 5.11 Å². The number of piperidine rings is 1. The fraction of sp³-hybridized carbons (Fsp3) is 0.647. The molecule has 0 bridgehead atoms. The number of hydrogen-bond donors (Lipinski definition) is 1. The summed E-state index contributed by atoms with van der Waals surface area (Å²) in [5.74, 6) is 2.15. The minimum absolute atomic E-state index is 0.259. The molecule has 0 aromatic heterocycles. The molecular weight excluding hydrogens is 282 g/mol. The summed E-state index contributed by atoms with van der Waals surface area (Å²) >= 11 is 0. The van der Waals surface area contributed by atoms with Crippen LogP contribution in [0.25, 0.3) is 0 Å². The highest BCUT2D eigenvalue weighted by molar-refractivity contribution is 5.46. The number of nitrogens with zero attached hydrogens (tertiary/aromatic N) is 1. The summed E-state index contributed by atoms with van der Waals surface area (Å²) in [5.41, 5.74) is 0. The first-order valence-corrected chi connectivity index (χ1v) is 8.21. The van der Waals surface area contributed by atoms with Gasteiger partial charge >= 0.3 is 0 Å². The Morgan fingerprint density at radius 1 is 1.32 bits per heavy atom. The maximum Gasteiger partial charge on any atom is 0.231 e. The predicted molar refractivity (Wildman–Crippen MR) is 83.6 cm³/mol. The summed E-state index contributed by atoms with van der Waals surface area (Å²) in [6.45, 7) is 4.54. The van der Waals surface area contributed by atoms with Gasteiger partial charge in [-0.3, -0.25) is 4.90 Å². The zero-order valence-corrected chi connectivity index (χ0v) is 13.2. The third-order valence-electron chi connectivity index (χ3n) is 4.45. The minimum Gasteiger partial charge on any atom is -0.491 e. The number of aliphatic hydroxyl groups excluding tert-OH is 1. The molecule has 3 rings (SSSR count). The van der Waals surface area contributed by atoms with Crippen molar-refractivity contribution in [1.29, 1.82) is 0 Å². The lowest BCUT2D eigenvalue weighted by atomic mass is 10.00. The molecule has 1 saturated heterocycles. The largest absolute Gasteiger partial charge is 0.491 e. The van der Waals surface area contributed by atoms with E-state index in [1.807, 2.05) is 18.2 Å². The van der Waals surface area contributed by atoms with Gasteiger partial charge in [-0.15, -0.1) is 0 Å². The molecule has 5 nitrogen and oxygen atoms in total. The molecule has 0 amide bonds. The van der Waals surface area contributed by atoms with Gasteiger partial charge in [0, 0.05) is 18.7 Å². The maximum atomic E-state index is 10.2. The summed E-state index contributed by atoms with van der Waals surface area (Å²) in [7, 11) is 0. The van der Waals surface area contributed by atoms with Crippen molar-refractivity contribution in [2.24, 2.45) is 0 Å². The number of fused-ring (bicyclic) bond motifs is 1. The Labute approximate surface area is 131 Å². The van der Waals surface area contributed by atoms with Crippen LogP contribution in [-0.4, -0.2) is 48.6 Å². The molecule has 1 N–H and O–H groups in total. The zero-order chi connectivity index (χ0) is 15.4. The van der Waals surface area contributed by atoms with Crippen molar-refractivity contribution >= 4 is 0 Å². The first-order valence-electron chi connectivity index (χ1n) is 8.21. The van der Waals surface area contributed by atoms with Gasteiger partial charge in [0.2, 0.25) is 6.79 Å². The first-order chi connectivity index (χ1) is 10.8. The van der Waals surface area contributed by atoms with Crippen molar-refractivity contribution < 1.29 is 19.3 Å². The number of aliphatic hydroxyl groups is 1. The number of rotatable bonds is 6. The summed E-state index contributed by atoms with van der Waals surface area (Å²) in [6, 6.07) is 6.09. The first kappa shape index (κ1) is 15.4. The number of β-amino-alcohol motifs (C(OH)–C–C–N with tert-alkyl or cyclic N) is 1. The molecule has 5 heteroatoms. The third kappa shape index (κ3) is 3.65. The number of likely N-dealkylation sites (tertiary alicyclic amines) is 1. The van der Waals surface area contributed by atoms with E-state index in [0.29, 0.717) is 30.7 Å². The van der Waals surface area contributed by atoms with Crippen LogP contribution in [0.5, 0.6) is 17.2 Å². The topological polar surface area (TPSA) is 51.2 Å². The van der Waals surface area contributed by atoms with Crippen molar-refractivity contribution in [3.05, 3.63) is 18.2 Å². The van der Waals surface area contributed by atoms with Gasteiger partial charge in [0.1, 0.15) is 18.5 Å². The molecule has 0 spiro atoms. The average Bonchev–Trinajstić information content (AvgIpc) is 3.01. The molecule has 0 radical (unpaired) electrons. The van der Waals surface area contributed by atoms with E-state index >= 15 is 0 Å². The zero-order valence-electron chi connectivity index (χ0n) is 13.2. The van der Waals surface area contributed by atoms with Crippen LogP contribution in [0, 0.1) is 0 Å². The lowest BCUT2D eigenvalue weighted by Gasteiger charge is -2.36. The Hall–Kier alpha value is -1.46. The van der Waals surface area contributed by atoms with Crippen LogP contribution in [0.3, 0.4) is 0 Å². The number of ether oxygens (including phenoxy) is 3. The Morgan fingerprint density at radius 3 is 3.05 bits per heavy atom. The highest BCUT2D eigenvalue weighted by Gasteiger charge is 2.23. The molecule has 2 atom stereocenters. The van der Waals surface area contributed by atoms with Gasteiger partial charge in [0.25, 0.3) is 0 Å². The maximum absolute atomic E-state index is 10.2. The predicted octanol–water partition coefficient (Wildman–Crippen LogP) is 2.42.